The van der Waals surface area contributed by atoms with E-state index in [1.807, 2.05) is 30.3 Å². The Bertz CT molecular complexity index is 146. The van der Waals surface area contributed by atoms with Gasteiger partial charge in [-0.1, -0.05) is 30.3 Å². The molecule has 0 heterocycles. The average molecular weight is 108 g/mol. The van der Waals surface area contributed by atoms with E-state index in [0.717, 1.165) is 0 Å². The minimum Gasteiger partial charge on any atom is -0.326 e. The van der Waals surface area contributed by atoms with Gasteiger partial charge in [-0.05, 0) is 5.56 Å². The molecule has 8 heavy (non-hydrogen) atoms. The van der Waals surface area contributed by atoms with Crippen molar-refractivity contribution in [1.29, 1.82) is 0 Å². The van der Waals surface area contributed by atoms with Crippen LogP contribution in [0.3, 0.4) is 0 Å². The van der Waals surface area contributed by atoms with Gasteiger partial charge in [0.15, 0.2) is 0 Å². The van der Waals surface area contributed by atoms with Crippen LogP contribution in [0.5, 0.6) is 0 Å². The first-order valence-corrected chi connectivity index (χ1v) is 2.67. The van der Waals surface area contributed by atoms with E-state index < -0.39 is 0 Å². The zero-order valence-corrected chi connectivity index (χ0v) is 4.67. The van der Waals surface area contributed by atoms with Crippen molar-refractivity contribution in [3.63, 3.8) is 0 Å². The normalized spacial score (nSPS) is 9.12. The van der Waals surface area contributed by atoms with Gasteiger partial charge in [0.05, 0.1) is 0 Å². The van der Waals surface area contributed by atoms with E-state index in [4.69, 9.17) is 5.73 Å². The highest BCUT2D eigenvalue weighted by Gasteiger charge is 1.80. The summed E-state index contributed by atoms with van der Waals surface area (Å²) < 4.78 is 0. The highest BCUT2D eigenvalue weighted by Crippen LogP contribution is 1.94. The third-order valence-electron chi connectivity index (χ3n) is 1.08. The Labute approximate surface area is 49.1 Å². The maximum absolute atomic E-state index is 5.35. The van der Waals surface area contributed by atoms with Gasteiger partial charge in [0.2, 0.25) is 0 Å². The third kappa shape index (κ3) is 1.07. The Morgan fingerprint density at radius 1 is 1.12 bits per heavy atom. The predicted octanol–water partition coefficient (Wildman–Crippen LogP) is 1.15. The molecule has 0 saturated heterocycles. The number of benzene rings is 1. The molecule has 0 saturated carbocycles. The SMILES string of the molecule is N[13CH2]c1ccccc1. The van der Waals surface area contributed by atoms with Gasteiger partial charge in [-0.3, -0.25) is 0 Å². The average Bonchev–Trinajstić information content (AvgIpc) is 1.90. The molecule has 0 aromatic heterocycles. The fourth-order valence-electron chi connectivity index (χ4n) is 0.614. The summed E-state index contributed by atoms with van der Waals surface area (Å²) in [6.07, 6.45) is 0. The van der Waals surface area contributed by atoms with Gasteiger partial charge in [0, 0.05) is 6.54 Å². The quantitative estimate of drug-likeness (QED) is 0.536. The molecule has 2 N–H and O–H groups in total. The minimum atomic E-state index is 0.640. The van der Waals surface area contributed by atoms with Gasteiger partial charge in [0.25, 0.3) is 0 Å². The molecule has 0 spiro atoms. The van der Waals surface area contributed by atoms with Gasteiger partial charge in [-0.2, -0.15) is 0 Å². The van der Waals surface area contributed by atoms with Gasteiger partial charge < -0.3 is 5.73 Å². The molecule has 0 unspecified atom stereocenters. The van der Waals surface area contributed by atoms with Crippen LogP contribution < -0.4 is 5.73 Å². The fourth-order valence-corrected chi connectivity index (χ4v) is 0.614. The van der Waals surface area contributed by atoms with E-state index in [1.165, 1.54) is 5.56 Å². The highest BCUT2D eigenvalue weighted by atomic mass is 14.8. The predicted molar refractivity (Wildman–Crippen MR) is 34.3 cm³/mol. The van der Waals surface area contributed by atoms with Crippen LogP contribution in [0.2, 0.25) is 0 Å². The zero-order valence-electron chi connectivity index (χ0n) is 4.67. The Morgan fingerprint density at radius 2 is 1.75 bits per heavy atom. The second kappa shape index (κ2) is 2.48. The van der Waals surface area contributed by atoms with Crippen LogP contribution in [-0.2, 0) is 6.54 Å². The van der Waals surface area contributed by atoms with Crippen molar-refractivity contribution in [3.05, 3.63) is 35.9 Å². The maximum Gasteiger partial charge on any atom is 0.0178 e. The molecule has 0 fully saturated rings. The molecule has 1 aromatic carbocycles. The van der Waals surface area contributed by atoms with Gasteiger partial charge >= 0.3 is 0 Å². The van der Waals surface area contributed by atoms with Crippen LogP contribution >= 0.6 is 0 Å². The molecular formula is C7H9N. The second-order valence-electron chi connectivity index (χ2n) is 1.69. The number of hydrogen-bond donors (Lipinski definition) is 1. The largest absolute Gasteiger partial charge is 0.326 e. The maximum atomic E-state index is 5.35. The molecule has 0 aliphatic rings. The molecule has 0 bridgehead atoms. The van der Waals surface area contributed by atoms with Crippen molar-refractivity contribution in [2.75, 3.05) is 0 Å². The van der Waals surface area contributed by atoms with Gasteiger partial charge in [-0.25, -0.2) is 0 Å². The number of hydrogen-bond acceptors (Lipinski definition) is 1. The Balaban J connectivity index is 2.83. The fraction of sp³-hybridized carbons (Fsp3) is 0.143. The van der Waals surface area contributed by atoms with E-state index in [9.17, 15) is 0 Å². The molecule has 42 valence electrons. The molecule has 1 heteroatoms. The smallest absolute Gasteiger partial charge is 0.0178 e. The minimum absolute atomic E-state index is 0.640. The lowest BCUT2D eigenvalue weighted by Crippen LogP contribution is -1.94. The first kappa shape index (κ1) is 5.32. The first-order valence-electron chi connectivity index (χ1n) is 2.67. The molecule has 1 nitrogen and oxygen atoms in total. The summed E-state index contributed by atoms with van der Waals surface area (Å²) >= 11 is 0. The van der Waals surface area contributed by atoms with Crippen LogP contribution in [0.25, 0.3) is 0 Å². The first-order chi connectivity index (χ1) is 3.93. The monoisotopic (exact) mass is 108 g/mol. The molecule has 0 aliphatic heterocycles. The lowest BCUT2D eigenvalue weighted by atomic mass is 10.3. The standard InChI is InChI=1S/C7H9N/c8-6-7-4-2-1-3-5-7/h1-5H,6,8H2/i6+1. The second-order valence-corrected chi connectivity index (χ2v) is 1.69. The summed E-state index contributed by atoms with van der Waals surface area (Å²) in [4.78, 5) is 0. The molecule has 1 rings (SSSR count). The Morgan fingerprint density at radius 3 is 2.12 bits per heavy atom. The summed E-state index contributed by atoms with van der Waals surface area (Å²) in [6, 6.07) is 9.99. The molecule has 0 radical (unpaired) electrons. The molecule has 1 aromatic rings. The van der Waals surface area contributed by atoms with Crippen molar-refractivity contribution in [3.8, 4) is 0 Å². The van der Waals surface area contributed by atoms with E-state index in [0.29, 0.717) is 6.54 Å². The van der Waals surface area contributed by atoms with Crippen molar-refractivity contribution >= 4 is 0 Å². The van der Waals surface area contributed by atoms with Crippen molar-refractivity contribution < 1.29 is 0 Å². The number of nitrogens with two attached hydrogens (primary N) is 1. The van der Waals surface area contributed by atoms with E-state index in [-0.39, 0.29) is 0 Å². The van der Waals surface area contributed by atoms with E-state index >= 15 is 0 Å². The highest BCUT2D eigenvalue weighted by molar-refractivity contribution is 5.13. The van der Waals surface area contributed by atoms with Gasteiger partial charge in [-0.15, -0.1) is 0 Å². The molecule has 0 aliphatic carbocycles. The van der Waals surface area contributed by atoms with Crippen LogP contribution in [0, 0.1) is 0 Å². The summed E-state index contributed by atoms with van der Waals surface area (Å²) in [7, 11) is 0. The van der Waals surface area contributed by atoms with Crippen LogP contribution in [0.15, 0.2) is 30.3 Å². The van der Waals surface area contributed by atoms with Gasteiger partial charge in [0.1, 0.15) is 0 Å². The molecule has 0 amide bonds. The third-order valence-corrected chi connectivity index (χ3v) is 1.08. The lowest BCUT2D eigenvalue weighted by Gasteiger charge is -1.90. The zero-order chi connectivity index (χ0) is 5.82. The Hall–Kier alpha value is -0.820. The molecule has 0 atom stereocenters. The summed E-state index contributed by atoms with van der Waals surface area (Å²) in [5.41, 5.74) is 6.54. The van der Waals surface area contributed by atoms with Crippen molar-refractivity contribution in [2.24, 2.45) is 5.73 Å². The lowest BCUT2D eigenvalue weighted by molar-refractivity contribution is 1.07. The van der Waals surface area contributed by atoms with Crippen LogP contribution in [0.1, 0.15) is 5.56 Å². The van der Waals surface area contributed by atoms with Crippen LogP contribution in [0.4, 0.5) is 0 Å². The summed E-state index contributed by atoms with van der Waals surface area (Å²) in [6.45, 7) is 0.640. The number of rotatable bonds is 1. The summed E-state index contributed by atoms with van der Waals surface area (Å²) in [5.74, 6) is 0. The van der Waals surface area contributed by atoms with Crippen LogP contribution in [-0.4, -0.2) is 0 Å². The summed E-state index contributed by atoms with van der Waals surface area (Å²) in [5, 5.41) is 0. The topological polar surface area (TPSA) is 26.0 Å². The Kier molecular flexibility index (Phi) is 1.65. The van der Waals surface area contributed by atoms with E-state index in [2.05, 4.69) is 0 Å². The molecular weight excluding hydrogens is 99.1 g/mol. The van der Waals surface area contributed by atoms with Crippen molar-refractivity contribution in [1.82, 2.24) is 0 Å². The van der Waals surface area contributed by atoms with E-state index in [1.54, 1.807) is 0 Å². The van der Waals surface area contributed by atoms with Crippen molar-refractivity contribution in [2.45, 2.75) is 6.54 Å².